The first-order chi connectivity index (χ1) is 9.65. The molecule has 2 aromatic heterocycles. The molecule has 1 N–H and O–H groups in total. The Hall–Kier alpha value is -2.13. The number of hydrogen-bond donors (Lipinski definition) is 1. The molecule has 4 heteroatoms. The number of hydrogen-bond acceptors (Lipinski definition) is 2. The number of nitrogens with one attached hydrogen (secondary N) is 1. The van der Waals surface area contributed by atoms with Crippen LogP contribution < -0.4 is 0 Å². The first kappa shape index (κ1) is 12.9. The topological polar surface area (TPSA) is 41.6 Å². The summed E-state index contributed by atoms with van der Waals surface area (Å²) in [5.74, 6) is 0. The summed E-state index contributed by atoms with van der Waals surface area (Å²) in [5.41, 5.74) is 6.22. The predicted molar refractivity (Wildman–Crippen MR) is 81.7 cm³/mol. The summed E-state index contributed by atoms with van der Waals surface area (Å²) in [6, 6.07) is 11.8. The smallest absolute Gasteiger partial charge is 0.100 e. The van der Waals surface area contributed by atoms with Crippen molar-refractivity contribution < 1.29 is 0 Å². The lowest BCUT2D eigenvalue weighted by Gasteiger charge is -2.05. The van der Waals surface area contributed by atoms with E-state index in [1.807, 2.05) is 50.2 Å². The van der Waals surface area contributed by atoms with E-state index in [9.17, 15) is 0 Å². The summed E-state index contributed by atoms with van der Waals surface area (Å²) < 4.78 is 0. The fourth-order valence-electron chi connectivity index (χ4n) is 2.30. The second-order valence-corrected chi connectivity index (χ2v) is 5.20. The van der Waals surface area contributed by atoms with E-state index in [0.717, 1.165) is 38.8 Å². The lowest BCUT2D eigenvalue weighted by atomic mass is 9.99. The fraction of sp³-hybridized carbons (Fsp3) is 0.125. The zero-order chi connectivity index (χ0) is 14.1. The minimum Gasteiger partial charge on any atom is -0.282 e. The van der Waals surface area contributed by atoms with Crippen molar-refractivity contribution >= 4 is 11.6 Å². The molecule has 20 heavy (non-hydrogen) atoms. The SMILES string of the molecule is Cc1cc(-c2n[nH]c(C)c2-c2ccc(Cl)cc2)ccn1. The van der Waals surface area contributed by atoms with E-state index < -0.39 is 0 Å². The van der Waals surface area contributed by atoms with Crippen LogP contribution in [0.2, 0.25) is 5.02 Å². The normalized spacial score (nSPS) is 10.8. The van der Waals surface area contributed by atoms with Crippen LogP contribution in [-0.2, 0) is 0 Å². The van der Waals surface area contributed by atoms with Crippen LogP contribution in [0.5, 0.6) is 0 Å². The van der Waals surface area contributed by atoms with Crippen LogP contribution in [0.25, 0.3) is 22.4 Å². The van der Waals surface area contributed by atoms with Crippen molar-refractivity contribution in [1.82, 2.24) is 15.2 Å². The van der Waals surface area contributed by atoms with Gasteiger partial charge in [0.25, 0.3) is 0 Å². The van der Waals surface area contributed by atoms with Crippen molar-refractivity contribution in [3.63, 3.8) is 0 Å². The Bertz CT molecular complexity index is 745. The molecule has 2 heterocycles. The Kier molecular flexibility index (Phi) is 3.28. The molecule has 0 saturated heterocycles. The summed E-state index contributed by atoms with van der Waals surface area (Å²) in [6.07, 6.45) is 1.81. The van der Waals surface area contributed by atoms with Gasteiger partial charge in [-0.05, 0) is 43.7 Å². The molecule has 0 fully saturated rings. The summed E-state index contributed by atoms with van der Waals surface area (Å²) in [5, 5.41) is 8.24. The quantitative estimate of drug-likeness (QED) is 0.757. The van der Waals surface area contributed by atoms with Gasteiger partial charge in [-0.1, -0.05) is 23.7 Å². The second kappa shape index (κ2) is 5.10. The zero-order valence-electron chi connectivity index (χ0n) is 11.3. The molecule has 0 unspecified atom stereocenters. The van der Waals surface area contributed by atoms with Crippen LogP contribution in [0.3, 0.4) is 0 Å². The highest BCUT2D eigenvalue weighted by Gasteiger charge is 2.14. The van der Waals surface area contributed by atoms with Gasteiger partial charge in [0.2, 0.25) is 0 Å². The van der Waals surface area contributed by atoms with Crippen molar-refractivity contribution in [2.45, 2.75) is 13.8 Å². The maximum absolute atomic E-state index is 5.96. The molecular weight excluding hydrogens is 270 g/mol. The molecule has 0 aliphatic carbocycles. The van der Waals surface area contributed by atoms with Gasteiger partial charge in [0.1, 0.15) is 5.69 Å². The first-order valence-electron chi connectivity index (χ1n) is 6.39. The third-order valence-electron chi connectivity index (χ3n) is 3.25. The number of benzene rings is 1. The molecular formula is C16H14ClN3. The van der Waals surface area contributed by atoms with Crippen LogP contribution >= 0.6 is 11.6 Å². The standard InChI is InChI=1S/C16H14ClN3/c1-10-9-13(7-8-18-10)16-15(11(2)19-20-16)12-3-5-14(17)6-4-12/h3-9H,1-2H3,(H,19,20). The van der Waals surface area contributed by atoms with Crippen LogP contribution in [0.1, 0.15) is 11.4 Å². The van der Waals surface area contributed by atoms with Gasteiger partial charge in [0.05, 0.1) is 0 Å². The zero-order valence-corrected chi connectivity index (χ0v) is 12.1. The van der Waals surface area contributed by atoms with Crippen molar-refractivity contribution in [2.24, 2.45) is 0 Å². The Morgan fingerprint density at radius 1 is 1.00 bits per heavy atom. The van der Waals surface area contributed by atoms with Gasteiger partial charge in [-0.2, -0.15) is 5.10 Å². The first-order valence-corrected chi connectivity index (χ1v) is 6.77. The van der Waals surface area contributed by atoms with Gasteiger partial charge >= 0.3 is 0 Å². The molecule has 3 rings (SSSR count). The molecule has 0 saturated carbocycles. The number of nitrogens with zero attached hydrogens (tertiary/aromatic N) is 2. The lowest BCUT2D eigenvalue weighted by molar-refractivity contribution is 1.05. The van der Waals surface area contributed by atoms with Gasteiger partial charge in [-0.3, -0.25) is 10.1 Å². The average Bonchev–Trinajstić information content (AvgIpc) is 2.82. The minimum atomic E-state index is 0.733. The number of rotatable bonds is 2. The second-order valence-electron chi connectivity index (χ2n) is 4.77. The highest BCUT2D eigenvalue weighted by molar-refractivity contribution is 6.30. The highest BCUT2D eigenvalue weighted by Crippen LogP contribution is 2.33. The van der Waals surface area contributed by atoms with Crippen LogP contribution in [0.15, 0.2) is 42.6 Å². The molecule has 0 aliphatic rings. The molecule has 3 aromatic rings. The number of aromatic amines is 1. The van der Waals surface area contributed by atoms with Gasteiger partial charge in [0, 0.05) is 33.7 Å². The number of pyridine rings is 1. The summed E-state index contributed by atoms with van der Waals surface area (Å²) >= 11 is 5.96. The van der Waals surface area contributed by atoms with Gasteiger partial charge < -0.3 is 0 Å². The number of H-pyrrole nitrogens is 1. The third-order valence-corrected chi connectivity index (χ3v) is 3.50. The number of halogens is 1. The Morgan fingerprint density at radius 2 is 1.75 bits per heavy atom. The monoisotopic (exact) mass is 283 g/mol. The van der Waals surface area contributed by atoms with E-state index in [0.29, 0.717) is 0 Å². The van der Waals surface area contributed by atoms with Crippen molar-refractivity contribution in [2.75, 3.05) is 0 Å². The van der Waals surface area contributed by atoms with E-state index in [2.05, 4.69) is 15.2 Å². The number of aryl methyl sites for hydroxylation is 2. The Labute approximate surface area is 122 Å². The number of aromatic nitrogens is 3. The van der Waals surface area contributed by atoms with Crippen molar-refractivity contribution in [3.05, 3.63) is 59.0 Å². The van der Waals surface area contributed by atoms with E-state index in [-0.39, 0.29) is 0 Å². The van der Waals surface area contributed by atoms with Gasteiger partial charge in [0.15, 0.2) is 0 Å². The Morgan fingerprint density at radius 3 is 2.45 bits per heavy atom. The molecule has 0 atom stereocenters. The molecule has 3 nitrogen and oxygen atoms in total. The van der Waals surface area contributed by atoms with E-state index in [4.69, 9.17) is 11.6 Å². The Balaban J connectivity index is 2.17. The van der Waals surface area contributed by atoms with E-state index >= 15 is 0 Å². The van der Waals surface area contributed by atoms with E-state index in [1.54, 1.807) is 6.20 Å². The van der Waals surface area contributed by atoms with Crippen LogP contribution in [0.4, 0.5) is 0 Å². The molecule has 0 radical (unpaired) electrons. The van der Waals surface area contributed by atoms with Crippen molar-refractivity contribution in [1.29, 1.82) is 0 Å². The fourth-order valence-corrected chi connectivity index (χ4v) is 2.43. The van der Waals surface area contributed by atoms with Crippen LogP contribution in [-0.4, -0.2) is 15.2 Å². The molecule has 0 aliphatic heterocycles. The molecule has 1 aromatic carbocycles. The molecule has 0 amide bonds. The maximum atomic E-state index is 5.96. The maximum Gasteiger partial charge on any atom is 0.100 e. The largest absolute Gasteiger partial charge is 0.282 e. The molecule has 0 spiro atoms. The third kappa shape index (κ3) is 2.32. The highest BCUT2D eigenvalue weighted by atomic mass is 35.5. The summed E-state index contributed by atoms with van der Waals surface area (Å²) in [6.45, 7) is 4.00. The average molecular weight is 284 g/mol. The van der Waals surface area contributed by atoms with Crippen molar-refractivity contribution in [3.8, 4) is 22.4 Å². The van der Waals surface area contributed by atoms with Gasteiger partial charge in [-0.25, -0.2) is 0 Å². The predicted octanol–water partition coefficient (Wildman–Crippen LogP) is 4.41. The van der Waals surface area contributed by atoms with E-state index in [1.165, 1.54) is 0 Å². The van der Waals surface area contributed by atoms with Gasteiger partial charge in [-0.15, -0.1) is 0 Å². The summed E-state index contributed by atoms with van der Waals surface area (Å²) in [4.78, 5) is 4.23. The summed E-state index contributed by atoms with van der Waals surface area (Å²) in [7, 11) is 0. The molecule has 0 bridgehead atoms. The minimum absolute atomic E-state index is 0.733. The molecule has 100 valence electrons. The van der Waals surface area contributed by atoms with Crippen LogP contribution in [0, 0.1) is 13.8 Å². The lowest BCUT2D eigenvalue weighted by Crippen LogP contribution is -1.86.